The van der Waals surface area contributed by atoms with Gasteiger partial charge in [0, 0.05) is 24.2 Å². The highest BCUT2D eigenvalue weighted by atomic mass is 35.5. The predicted molar refractivity (Wildman–Crippen MR) is 135 cm³/mol. The van der Waals surface area contributed by atoms with E-state index in [2.05, 4.69) is 4.98 Å². The van der Waals surface area contributed by atoms with Gasteiger partial charge in [0.1, 0.15) is 5.75 Å². The number of amides is 1. The molecule has 0 bridgehead atoms. The van der Waals surface area contributed by atoms with Gasteiger partial charge in [0.15, 0.2) is 15.0 Å². The number of fused-ring (bicyclic) bond motifs is 1. The highest BCUT2D eigenvalue weighted by molar-refractivity contribution is 8.00. The lowest BCUT2D eigenvalue weighted by Crippen LogP contribution is -2.37. The Morgan fingerprint density at radius 3 is 2.41 bits per heavy atom. The summed E-state index contributed by atoms with van der Waals surface area (Å²) in [7, 11) is 2.21. The molecule has 2 aromatic carbocycles. The summed E-state index contributed by atoms with van der Waals surface area (Å²) in [6.07, 6.45) is 1.18. The van der Waals surface area contributed by atoms with Gasteiger partial charge in [-0.05, 0) is 56.6 Å². The molecule has 0 aliphatic rings. The molecule has 1 heterocycles. The number of thiazole rings is 1. The first-order chi connectivity index (χ1) is 14.7. The van der Waals surface area contributed by atoms with E-state index in [1.54, 1.807) is 30.2 Å². The van der Waals surface area contributed by atoms with Gasteiger partial charge in [-0.3, -0.25) is 9.69 Å². The van der Waals surface area contributed by atoms with Gasteiger partial charge in [0.05, 0.1) is 28.0 Å². The maximum Gasteiger partial charge on any atom is 0.239 e. The lowest BCUT2D eigenvalue weighted by atomic mass is 10.3. The van der Waals surface area contributed by atoms with Gasteiger partial charge in [-0.1, -0.05) is 11.3 Å². The van der Waals surface area contributed by atoms with Crippen LogP contribution in [0.15, 0.2) is 52.3 Å². The highest BCUT2D eigenvalue weighted by Gasteiger charge is 2.21. The third kappa shape index (κ3) is 6.82. The van der Waals surface area contributed by atoms with E-state index in [9.17, 15) is 13.2 Å². The number of aromatic nitrogens is 1. The lowest BCUT2D eigenvalue weighted by Gasteiger charge is -2.21. The SMILES string of the molecule is COc1ccc(SCC(=O)N(CCN(C)C)c2nc3ccc(S(C)(=O)=O)cc3s2)cc1.Cl. The number of rotatable bonds is 9. The summed E-state index contributed by atoms with van der Waals surface area (Å²) in [6.45, 7) is 1.18. The van der Waals surface area contributed by atoms with Gasteiger partial charge in [-0.2, -0.15) is 0 Å². The number of hydrogen-bond acceptors (Lipinski definition) is 8. The fourth-order valence-electron chi connectivity index (χ4n) is 2.76. The molecule has 32 heavy (non-hydrogen) atoms. The number of carbonyl (C=O) groups is 1. The smallest absolute Gasteiger partial charge is 0.239 e. The van der Waals surface area contributed by atoms with Gasteiger partial charge in [0.25, 0.3) is 0 Å². The third-order valence-corrected chi connectivity index (χ3v) is 7.65. The standard InChI is InChI=1S/C21H25N3O4S3.ClH/c1-23(2)11-12-24(20(25)14-29-16-7-5-15(28-3)6-8-16)21-22-18-10-9-17(31(4,26)27)13-19(18)30-21;/h5-10,13H,11-12,14H2,1-4H3;1H. The molecule has 0 aliphatic heterocycles. The molecule has 0 radical (unpaired) electrons. The van der Waals surface area contributed by atoms with Gasteiger partial charge in [-0.15, -0.1) is 24.2 Å². The molecule has 1 amide bonds. The summed E-state index contributed by atoms with van der Waals surface area (Å²) in [5.74, 6) is 0.987. The van der Waals surface area contributed by atoms with Crippen molar-refractivity contribution in [2.75, 3.05) is 51.2 Å². The molecule has 174 valence electrons. The highest BCUT2D eigenvalue weighted by Crippen LogP contribution is 2.31. The van der Waals surface area contributed by atoms with E-state index in [-0.39, 0.29) is 29.0 Å². The number of likely N-dealkylation sites (N-methyl/N-ethyl adjacent to an activating group) is 1. The molecule has 0 saturated carbocycles. The number of carbonyl (C=O) groups excluding carboxylic acids is 1. The predicted octanol–water partition coefficient (Wildman–Crippen LogP) is 3.82. The zero-order valence-corrected chi connectivity index (χ0v) is 21.5. The number of hydrogen-bond donors (Lipinski definition) is 0. The first kappa shape index (κ1) is 26.4. The van der Waals surface area contributed by atoms with Crippen LogP contribution in [0.1, 0.15) is 0 Å². The maximum atomic E-state index is 13.1. The summed E-state index contributed by atoms with van der Waals surface area (Å²) in [4.78, 5) is 22.6. The van der Waals surface area contributed by atoms with Crippen LogP contribution in [0.3, 0.4) is 0 Å². The van der Waals surface area contributed by atoms with Crippen LogP contribution >= 0.6 is 35.5 Å². The number of anilines is 1. The fraction of sp³-hybridized carbons (Fsp3) is 0.333. The van der Waals surface area contributed by atoms with Crippen LogP contribution in [0.2, 0.25) is 0 Å². The summed E-state index contributed by atoms with van der Waals surface area (Å²) < 4.78 is 29.6. The van der Waals surface area contributed by atoms with Gasteiger partial charge >= 0.3 is 0 Å². The minimum Gasteiger partial charge on any atom is -0.497 e. The van der Waals surface area contributed by atoms with Crippen LogP contribution in [-0.4, -0.2) is 70.5 Å². The molecule has 0 fully saturated rings. The Bertz CT molecular complexity index is 1160. The Morgan fingerprint density at radius 1 is 1.12 bits per heavy atom. The van der Waals surface area contributed by atoms with Crippen LogP contribution in [-0.2, 0) is 14.6 Å². The van der Waals surface area contributed by atoms with Crippen molar-refractivity contribution < 1.29 is 17.9 Å². The van der Waals surface area contributed by atoms with Crippen LogP contribution in [0, 0.1) is 0 Å². The average Bonchev–Trinajstić information content (AvgIpc) is 3.14. The molecular formula is C21H26ClN3O4S3. The van der Waals surface area contributed by atoms with Crippen LogP contribution in [0.5, 0.6) is 5.75 Å². The van der Waals surface area contributed by atoms with Crippen molar-refractivity contribution in [3.63, 3.8) is 0 Å². The summed E-state index contributed by atoms with van der Waals surface area (Å²) >= 11 is 2.78. The lowest BCUT2D eigenvalue weighted by molar-refractivity contribution is -0.116. The molecule has 11 heteroatoms. The third-order valence-electron chi connectivity index (χ3n) is 4.50. The number of sulfone groups is 1. The number of halogens is 1. The van der Waals surface area contributed by atoms with E-state index in [0.717, 1.165) is 15.3 Å². The first-order valence-electron chi connectivity index (χ1n) is 9.50. The quantitative estimate of drug-likeness (QED) is 0.401. The summed E-state index contributed by atoms with van der Waals surface area (Å²) in [5.41, 5.74) is 0.679. The largest absolute Gasteiger partial charge is 0.497 e. The molecule has 0 aliphatic carbocycles. The summed E-state index contributed by atoms with van der Waals surface area (Å²) in [5, 5.41) is 0.572. The van der Waals surface area contributed by atoms with E-state index >= 15 is 0 Å². The van der Waals surface area contributed by atoms with E-state index in [4.69, 9.17) is 4.74 Å². The van der Waals surface area contributed by atoms with Gasteiger partial charge < -0.3 is 9.64 Å². The Balaban J connectivity index is 0.00000363. The number of benzene rings is 2. The molecule has 1 aromatic heterocycles. The second-order valence-electron chi connectivity index (χ2n) is 7.21. The molecule has 0 atom stereocenters. The molecule has 0 spiro atoms. The minimum absolute atomic E-state index is 0. The Hall–Kier alpha value is -1.85. The van der Waals surface area contributed by atoms with Crippen molar-refractivity contribution in [2.45, 2.75) is 9.79 Å². The van der Waals surface area contributed by atoms with Gasteiger partial charge in [0.2, 0.25) is 5.91 Å². The van der Waals surface area contributed by atoms with Crippen molar-refractivity contribution in [3.05, 3.63) is 42.5 Å². The number of ether oxygens (including phenoxy) is 1. The zero-order valence-electron chi connectivity index (χ0n) is 18.3. The van der Waals surface area contributed by atoms with E-state index in [1.807, 2.05) is 43.3 Å². The average molecular weight is 516 g/mol. The second kappa shape index (κ2) is 11.3. The minimum atomic E-state index is -3.31. The van der Waals surface area contributed by atoms with E-state index < -0.39 is 9.84 Å². The maximum absolute atomic E-state index is 13.1. The second-order valence-corrected chi connectivity index (χ2v) is 11.3. The molecule has 0 N–H and O–H groups in total. The van der Waals surface area contributed by atoms with Crippen LogP contribution < -0.4 is 9.64 Å². The van der Waals surface area contributed by atoms with Crippen molar-refractivity contribution in [2.24, 2.45) is 0 Å². The zero-order chi connectivity index (χ0) is 22.6. The van der Waals surface area contributed by atoms with Gasteiger partial charge in [-0.25, -0.2) is 13.4 Å². The van der Waals surface area contributed by atoms with E-state index in [0.29, 0.717) is 23.7 Å². The summed E-state index contributed by atoms with van der Waals surface area (Å²) in [6, 6.07) is 12.4. The number of thioether (sulfide) groups is 1. The number of nitrogens with zero attached hydrogens (tertiary/aromatic N) is 3. The van der Waals surface area contributed by atoms with Crippen molar-refractivity contribution in [3.8, 4) is 5.75 Å². The first-order valence-corrected chi connectivity index (χ1v) is 13.2. The van der Waals surface area contributed by atoms with Crippen molar-refractivity contribution >= 4 is 66.6 Å². The Labute approximate surface area is 203 Å². The van der Waals surface area contributed by atoms with Crippen molar-refractivity contribution in [1.29, 1.82) is 0 Å². The molecular weight excluding hydrogens is 490 g/mol. The molecule has 7 nitrogen and oxygen atoms in total. The Morgan fingerprint density at radius 2 is 1.81 bits per heavy atom. The molecule has 0 unspecified atom stereocenters. The molecule has 0 saturated heterocycles. The topological polar surface area (TPSA) is 79.8 Å². The Kier molecular flexibility index (Phi) is 9.35. The monoisotopic (exact) mass is 515 g/mol. The van der Waals surface area contributed by atoms with Crippen LogP contribution in [0.4, 0.5) is 5.13 Å². The van der Waals surface area contributed by atoms with E-state index in [1.165, 1.54) is 29.4 Å². The molecule has 3 aromatic rings. The normalized spacial score (nSPS) is 11.4. The molecule has 3 rings (SSSR count). The van der Waals surface area contributed by atoms with Crippen molar-refractivity contribution in [1.82, 2.24) is 9.88 Å². The number of methoxy groups -OCH3 is 1. The fourth-order valence-corrected chi connectivity index (χ4v) is 5.31. The van der Waals surface area contributed by atoms with Crippen LogP contribution in [0.25, 0.3) is 10.2 Å².